The Morgan fingerprint density at radius 1 is 1.25 bits per heavy atom. The second kappa shape index (κ2) is 8.22. The summed E-state index contributed by atoms with van der Waals surface area (Å²) < 4.78 is 5.84. The molecule has 0 aromatic carbocycles. The summed E-state index contributed by atoms with van der Waals surface area (Å²) in [5.74, 6) is 0.747. The van der Waals surface area contributed by atoms with Crippen molar-refractivity contribution in [2.45, 2.75) is 46.7 Å². The van der Waals surface area contributed by atoms with Crippen LogP contribution in [-0.2, 0) is 6.54 Å². The van der Waals surface area contributed by atoms with E-state index in [-0.39, 0.29) is 5.54 Å². The van der Waals surface area contributed by atoms with E-state index in [1.807, 2.05) is 6.07 Å². The normalized spacial score (nSPS) is 11.9. The van der Waals surface area contributed by atoms with E-state index in [0.29, 0.717) is 6.61 Å². The van der Waals surface area contributed by atoms with E-state index in [9.17, 15) is 0 Å². The Labute approximate surface area is 123 Å². The molecular weight excluding hydrogens is 250 g/mol. The van der Waals surface area contributed by atoms with Gasteiger partial charge in [-0.3, -0.25) is 0 Å². The molecule has 1 rings (SSSR count). The maximum atomic E-state index is 5.84. The van der Waals surface area contributed by atoms with Crippen LogP contribution in [0.3, 0.4) is 0 Å². The van der Waals surface area contributed by atoms with Crippen LogP contribution in [0.5, 0.6) is 5.88 Å². The van der Waals surface area contributed by atoms with E-state index in [1.165, 1.54) is 0 Å². The molecule has 0 aliphatic rings. The van der Waals surface area contributed by atoms with Gasteiger partial charge >= 0.3 is 0 Å². The van der Waals surface area contributed by atoms with Gasteiger partial charge in [0.05, 0.1) is 0 Å². The zero-order valence-corrected chi connectivity index (χ0v) is 13.6. The summed E-state index contributed by atoms with van der Waals surface area (Å²) in [5.41, 5.74) is 1.20. The van der Waals surface area contributed by atoms with Gasteiger partial charge in [-0.15, -0.1) is 0 Å². The van der Waals surface area contributed by atoms with Gasteiger partial charge in [-0.1, -0.05) is 19.9 Å². The number of hydrogen-bond donors (Lipinski definition) is 1. The van der Waals surface area contributed by atoms with Crippen molar-refractivity contribution in [2.75, 3.05) is 26.2 Å². The number of nitrogens with one attached hydrogen (secondary N) is 1. The van der Waals surface area contributed by atoms with Crippen LogP contribution in [0.25, 0.3) is 0 Å². The van der Waals surface area contributed by atoms with E-state index in [4.69, 9.17) is 4.74 Å². The van der Waals surface area contributed by atoms with Gasteiger partial charge in [-0.05, 0) is 39.9 Å². The first kappa shape index (κ1) is 16.9. The Morgan fingerprint density at radius 3 is 2.55 bits per heavy atom. The fraction of sp³-hybridized carbons (Fsp3) is 0.688. The Bertz CT molecular complexity index is 384. The highest BCUT2D eigenvalue weighted by atomic mass is 16.5. The van der Waals surface area contributed by atoms with Gasteiger partial charge in [0, 0.05) is 30.4 Å². The van der Waals surface area contributed by atoms with Crippen molar-refractivity contribution in [3.63, 3.8) is 0 Å². The number of aromatic nitrogens is 1. The average molecular weight is 279 g/mol. The standard InChI is InChI=1S/C16H29N3O/c1-6-19(7-2)11-12-20-15-14(9-8-10-17-15)13-18-16(3,4)5/h8-10,18H,6-7,11-13H2,1-5H3. The molecule has 1 N–H and O–H groups in total. The number of ether oxygens (including phenoxy) is 1. The maximum absolute atomic E-state index is 5.84. The molecule has 4 heteroatoms. The lowest BCUT2D eigenvalue weighted by Crippen LogP contribution is -2.35. The third-order valence-electron chi connectivity index (χ3n) is 3.20. The van der Waals surface area contributed by atoms with Crippen molar-refractivity contribution in [2.24, 2.45) is 0 Å². The molecule has 0 amide bonds. The summed E-state index contributed by atoms with van der Waals surface area (Å²) >= 11 is 0. The van der Waals surface area contributed by atoms with Gasteiger partial charge in [0.1, 0.15) is 6.61 Å². The zero-order chi connectivity index (χ0) is 15.0. The summed E-state index contributed by atoms with van der Waals surface area (Å²) in [4.78, 5) is 6.69. The van der Waals surface area contributed by atoms with E-state index >= 15 is 0 Å². The second-order valence-electron chi connectivity index (χ2n) is 5.95. The molecule has 20 heavy (non-hydrogen) atoms. The van der Waals surface area contributed by atoms with Crippen molar-refractivity contribution in [3.8, 4) is 5.88 Å². The van der Waals surface area contributed by atoms with Crippen molar-refractivity contribution in [1.82, 2.24) is 15.2 Å². The van der Waals surface area contributed by atoms with Crippen LogP contribution in [0.4, 0.5) is 0 Å². The first-order valence-corrected chi connectivity index (χ1v) is 7.50. The summed E-state index contributed by atoms with van der Waals surface area (Å²) in [6, 6.07) is 4.02. The molecule has 0 unspecified atom stereocenters. The lowest BCUT2D eigenvalue weighted by molar-refractivity contribution is 0.216. The third kappa shape index (κ3) is 6.35. The summed E-state index contributed by atoms with van der Waals surface area (Å²) in [6.45, 7) is 15.3. The molecule has 0 aliphatic carbocycles. The number of hydrogen-bond acceptors (Lipinski definition) is 4. The van der Waals surface area contributed by atoms with E-state index in [0.717, 1.165) is 37.6 Å². The molecule has 1 aromatic rings. The Kier molecular flexibility index (Phi) is 6.96. The summed E-state index contributed by atoms with van der Waals surface area (Å²) in [7, 11) is 0. The van der Waals surface area contributed by atoms with E-state index < -0.39 is 0 Å². The van der Waals surface area contributed by atoms with Crippen LogP contribution >= 0.6 is 0 Å². The second-order valence-corrected chi connectivity index (χ2v) is 5.95. The molecule has 1 aromatic heterocycles. The van der Waals surface area contributed by atoms with Gasteiger partial charge in [0.25, 0.3) is 0 Å². The highest BCUT2D eigenvalue weighted by Crippen LogP contribution is 2.15. The summed E-state index contributed by atoms with van der Waals surface area (Å²) in [5, 5.41) is 3.47. The smallest absolute Gasteiger partial charge is 0.217 e. The van der Waals surface area contributed by atoms with Crippen LogP contribution in [0.2, 0.25) is 0 Å². The van der Waals surface area contributed by atoms with Crippen LogP contribution in [0.15, 0.2) is 18.3 Å². The molecule has 0 fully saturated rings. The zero-order valence-electron chi connectivity index (χ0n) is 13.6. The SMILES string of the molecule is CCN(CC)CCOc1ncccc1CNC(C)(C)C. The molecule has 0 radical (unpaired) electrons. The molecular formula is C16H29N3O. The Morgan fingerprint density at radius 2 is 1.95 bits per heavy atom. The number of nitrogens with zero attached hydrogens (tertiary/aromatic N) is 2. The van der Waals surface area contributed by atoms with E-state index in [2.05, 4.69) is 55.9 Å². The van der Waals surface area contributed by atoms with Gasteiger partial charge in [-0.25, -0.2) is 4.98 Å². The predicted octanol–water partition coefficient (Wildman–Crippen LogP) is 2.69. The Hall–Kier alpha value is -1.13. The molecule has 1 heterocycles. The van der Waals surface area contributed by atoms with Crippen LogP contribution in [0, 0.1) is 0 Å². The van der Waals surface area contributed by atoms with Crippen molar-refractivity contribution >= 4 is 0 Å². The lowest BCUT2D eigenvalue weighted by Gasteiger charge is -2.22. The third-order valence-corrected chi connectivity index (χ3v) is 3.20. The van der Waals surface area contributed by atoms with Crippen molar-refractivity contribution < 1.29 is 4.74 Å². The minimum atomic E-state index is 0.0916. The molecule has 0 aliphatic heterocycles. The van der Waals surface area contributed by atoms with Crippen molar-refractivity contribution in [1.29, 1.82) is 0 Å². The highest BCUT2D eigenvalue weighted by Gasteiger charge is 2.11. The molecule has 0 atom stereocenters. The predicted molar refractivity (Wildman–Crippen MR) is 84.1 cm³/mol. The first-order valence-electron chi connectivity index (χ1n) is 7.50. The average Bonchev–Trinajstić information content (AvgIpc) is 2.41. The Balaban J connectivity index is 2.53. The fourth-order valence-corrected chi connectivity index (χ4v) is 1.86. The van der Waals surface area contributed by atoms with Gasteiger partial charge in [-0.2, -0.15) is 0 Å². The molecule has 0 bridgehead atoms. The molecule has 0 saturated heterocycles. The van der Waals surface area contributed by atoms with Gasteiger partial charge in [0.2, 0.25) is 5.88 Å². The van der Waals surface area contributed by atoms with Crippen LogP contribution in [0.1, 0.15) is 40.2 Å². The van der Waals surface area contributed by atoms with Gasteiger partial charge < -0.3 is 15.0 Å². The van der Waals surface area contributed by atoms with E-state index in [1.54, 1.807) is 6.20 Å². The summed E-state index contributed by atoms with van der Waals surface area (Å²) in [6.07, 6.45) is 1.79. The molecule has 114 valence electrons. The molecule has 0 saturated carbocycles. The fourth-order valence-electron chi connectivity index (χ4n) is 1.86. The highest BCUT2D eigenvalue weighted by molar-refractivity contribution is 5.25. The van der Waals surface area contributed by atoms with Crippen molar-refractivity contribution in [3.05, 3.63) is 23.9 Å². The largest absolute Gasteiger partial charge is 0.476 e. The topological polar surface area (TPSA) is 37.4 Å². The van der Waals surface area contributed by atoms with Crippen LogP contribution < -0.4 is 10.1 Å². The monoisotopic (exact) mass is 279 g/mol. The van der Waals surface area contributed by atoms with Gasteiger partial charge in [0.15, 0.2) is 0 Å². The maximum Gasteiger partial charge on any atom is 0.217 e. The first-order chi connectivity index (χ1) is 9.46. The quantitative estimate of drug-likeness (QED) is 0.794. The number of likely N-dealkylation sites (N-methyl/N-ethyl adjacent to an activating group) is 1. The van der Waals surface area contributed by atoms with Crippen LogP contribution in [-0.4, -0.2) is 41.7 Å². The lowest BCUT2D eigenvalue weighted by atomic mass is 10.1. The minimum absolute atomic E-state index is 0.0916. The minimum Gasteiger partial charge on any atom is -0.476 e. The number of rotatable bonds is 8. The number of pyridine rings is 1. The molecule has 4 nitrogen and oxygen atoms in total. The molecule has 0 spiro atoms.